The molecule has 1 aromatic carbocycles. The zero-order chi connectivity index (χ0) is 12.5. The average Bonchev–Trinajstić information content (AvgIpc) is 2.97. The van der Waals surface area contributed by atoms with Crippen LogP contribution < -0.4 is 10.5 Å². The summed E-state index contributed by atoms with van der Waals surface area (Å²) in [6.45, 7) is 4.82. The van der Waals surface area contributed by atoms with Gasteiger partial charge in [-0.3, -0.25) is 0 Å². The zero-order valence-corrected chi connectivity index (χ0v) is 11.3. The van der Waals surface area contributed by atoms with Gasteiger partial charge in [-0.1, -0.05) is 17.7 Å². The second-order valence-electron chi connectivity index (χ2n) is 5.68. The molecule has 0 heterocycles. The Hall–Kier alpha value is -0.730. The van der Waals surface area contributed by atoms with Crippen LogP contribution in [-0.2, 0) is 6.42 Å². The Morgan fingerprint density at radius 3 is 2.65 bits per heavy atom. The quantitative estimate of drug-likeness (QED) is 0.873. The van der Waals surface area contributed by atoms with Gasteiger partial charge in [-0.2, -0.15) is 0 Å². The first-order chi connectivity index (χ1) is 7.94. The van der Waals surface area contributed by atoms with Gasteiger partial charge in [-0.05, 0) is 56.7 Å². The van der Waals surface area contributed by atoms with E-state index in [1.165, 1.54) is 12.8 Å². The number of hydrogen-bond donors (Lipinski definition) is 1. The minimum atomic E-state index is -0.209. The fraction of sp³-hybridized carbons (Fsp3) is 0.571. The smallest absolute Gasteiger partial charge is 0.137 e. The van der Waals surface area contributed by atoms with Crippen LogP contribution in [0.2, 0.25) is 5.02 Å². The molecule has 2 nitrogen and oxygen atoms in total. The monoisotopic (exact) mass is 253 g/mol. The van der Waals surface area contributed by atoms with Crippen LogP contribution in [0.4, 0.5) is 0 Å². The first kappa shape index (κ1) is 12.7. The van der Waals surface area contributed by atoms with Gasteiger partial charge in [0.15, 0.2) is 0 Å². The largest absolute Gasteiger partial charge is 0.492 e. The summed E-state index contributed by atoms with van der Waals surface area (Å²) in [7, 11) is 0. The van der Waals surface area contributed by atoms with Gasteiger partial charge in [0.05, 0.1) is 11.6 Å². The second kappa shape index (κ2) is 4.87. The molecule has 1 aliphatic rings. The van der Waals surface area contributed by atoms with Crippen molar-refractivity contribution in [3.8, 4) is 5.75 Å². The van der Waals surface area contributed by atoms with E-state index < -0.39 is 0 Å². The first-order valence-electron chi connectivity index (χ1n) is 6.14. The molecule has 1 fully saturated rings. The third kappa shape index (κ3) is 4.21. The summed E-state index contributed by atoms with van der Waals surface area (Å²) < 4.78 is 5.68. The predicted molar refractivity (Wildman–Crippen MR) is 71.6 cm³/mol. The molecule has 0 unspecified atom stereocenters. The maximum absolute atomic E-state index is 6.20. The molecule has 1 saturated carbocycles. The topological polar surface area (TPSA) is 35.2 Å². The third-order valence-electron chi connectivity index (χ3n) is 2.83. The molecule has 17 heavy (non-hydrogen) atoms. The van der Waals surface area contributed by atoms with Crippen LogP contribution in [0.5, 0.6) is 5.75 Å². The van der Waals surface area contributed by atoms with E-state index in [1.54, 1.807) is 0 Å². The molecule has 0 spiro atoms. The summed E-state index contributed by atoms with van der Waals surface area (Å²) in [6, 6.07) is 5.95. The Kier molecular flexibility index (Phi) is 3.64. The van der Waals surface area contributed by atoms with E-state index in [-0.39, 0.29) is 5.54 Å². The molecule has 0 amide bonds. The summed E-state index contributed by atoms with van der Waals surface area (Å²) in [5, 5.41) is 0.687. The van der Waals surface area contributed by atoms with E-state index >= 15 is 0 Å². The van der Waals surface area contributed by atoms with E-state index in [0.29, 0.717) is 5.02 Å². The molecule has 2 N–H and O–H groups in total. The van der Waals surface area contributed by atoms with E-state index in [0.717, 1.165) is 30.3 Å². The van der Waals surface area contributed by atoms with Crippen LogP contribution in [-0.4, -0.2) is 12.1 Å². The average molecular weight is 254 g/mol. The van der Waals surface area contributed by atoms with Gasteiger partial charge >= 0.3 is 0 Å². The van der Waals surface area contributed by atoms with Gasteiger partial charge in [-0.25, -0.2) is 0 Å². The van der Waals surface area contributed by atoms with Crippen LogP contribution in [0.1, 0.15) is 32.3 Å². The van der Waals surface area contributed by atoms with Gasteiger partial charge in [-0.15, -0.1) is 0 Å². The highest BCUT2D eigenvalue weighted by molar-refractivity contribution is 6.32. The molecule has 2 rings (SSSR count). The Bertz CT molecular complexity index is 394. The van der Waals surface area contributed by atoms with E-state index in [4.69, 9.17) is 22.1 Å². The lowest BCUT2D eigenvalue weighted by molar-refractivity contribution is 0.300. The molecule has 0 atom stereocenters. The van der Waals surface area contributed by atoms with Crippen molar-refractivity contribution < 1.29 is 4.74 Å². The molecular formula is C14H20ClNO. The van der Waals surface area contributed by atoms with Gasteiger partial charge < -0.3 is 10.5 Å². The standard InChI is InChI=1S/C14H20ClNO/c1-14(2,16)8-11-5-6-13(12(15)7-11)17-9-10-3-4-10/h5-7,10H,3-4,8-9,16H2,1-2H3. The number of nitrogens with two attached hydrogens (primary N) is 1. The Morgan fingerprint density at radius 2 is 2.12 bits per heavy atom. The first-order valence-corrected chi connectivity index (χ1v) is 6.52. The van der Waals surface area contributed by atoms with E-state index in [9.17, 15) is 0 Å². The van der Waals surface area contributed by atoms with Crippen molar-refractivity contribution in [2.75, 3.05) is 6.61 Å². The zero-order valence-electron chi connectivity index (χ0n) is 10.5. The van der Waals surface area contributed by atoms with Crippen molar-refractivity contribution in [1.29, 1.82) is 0 Å². The predicted octanol–water partition coefficient (Wildman–Crippen LogP) is 3.41. The molecule has 0 radical (unpaired) electrons. The molecule has 1 aromatic rings. The third-order valence-corrected chi connectivity index (χ3v) is 3.12. The summed E-state index contributed by atoms with van der Waals surface area (Å²) in [4.78, 5) is 0. The van der Waals surface area contributed by atoms with Crippen molar-refractivity contribution in [3.63, 3.8) is 0 Å². The van der Waals surface area contributed by atoms with Crippen molar-refractivity contribution >= 4 is 11.6 Å². The maximum Gasteiger partial charge on any atom is 0.137 e. The highest BCUT2D eigenvalue weighted by Crippen LogP contribution is 2.32. The van der Waals surface area contributed by atoms with Crippen LogP contribution in [0, 0.1) is 5.92 Å². The summed E-state index contributed by atoms with van der Waals surface area (Å²) in [5.41, 5.74) is 6.93. The van der Waals surface area contributed by atoms with Crippen LogP contribution in [0.15, 0.2) is 18.2 Å². The lowest BCUT2D eigenvalue weighted by Gasteiger charge is -2.19. The van der Waals surface area contributed by atoms with Gasteiger partial charge in [0.25, 0.3) is 0 Å². The van der Waals surface area contributed by atoms with E-state index in [2.05, 4.69) is 0 Å². The Balaban J connectivity index is 1.99. The van der Waals surface area contributed by atoms with E-state index in [1.807, 2.05) is 32.0 Å². The fourth-order valence-corrected chi connectivity index (χ4v) is 2.05. The number of halogens is 1. The Morgan fingerprint density at radius 1 is 1.41 bits per heavy atom. The minimum absolute atomic E-state index is 0.209. The van der Waals surface area contributed by atoms with Crippen LogP contribution in [0.25, 0.3) is 0 Å². The van der Waals surface area contributed by atoms with Gasteiger partial charge in [0, 0.05) is 5.54 Å². The van der Waals surface area contributed by atoms with Crippen molar-refractivity contribution in [3.05, 3.63) is 28.8 Å². The van der Waals surface area contributed by atoms with Crippen molar-refractivity contribution in [2.45, 2.75) is 38.6 Å². The van der Waals surface area contributed by atoms with Crippen molar-refractivity contribution in [1.82, 2.24) is 0 Å². The SMILES string of the molecule is CC(C)(N)Cc1ccc(OCC2CC2)c(Cl)c1. The number of hydrogen-bond acceptors (Lipinski definition) is 2. The minimum Gasteiger partial charge on any atom is -0.492 e. The number of ether oxygens (including phenoxy) is 1. The summed E-state index contributed by atoms with van der Waals surface area (Å²) in [5.74, 6) is 1.53. The molecule has 3 heteroatoms. The Labute approximate surface area is 108 Å². The molecule has 0 aromatic heterocycles. The van der Waals surface area contributed by atoms with Gasteiger partial charge in [0.2, 0.25) is 0 Å². The normalized spacial score (nSPS) is 16.0. The summed E-state index contributed by atoms with van der Waals surface area (Å²) in [6.07, 6.45) is 3.39. The molecule has 1 aliphatic carbocycles. The highest BCUT2D eigenvalue weighted by atomic mass is 35.5. The summed E-state index contributed by atoms with van der Waals surface area (Å²) >= 11 is 6.20. The highest BCUT2D eigenvalue weighted by Gasteiger charge is 2.22. The van der Waals surface area contributed by atoms with Crippen molar-refractivity contribution in [2.24, 2.45) is 11.7 Å². The second-order valence-corrected chi connectivity index (χ2v) is 6.09. The lowest BCUT2D eigenvalue weighted by Crippen LogP contribution is -2.34. The molecule has 0 bridgehead atoms. The molecular weight excluding hydrogens is 234 g/mol. The lowest BCUT2D eigenvalue weighted by atomic mass is 9.96. The maximum atomic E-state index is 6.20. The fourth-order valence-electron chi connectivity index (χ4n) is 1.79. The number of benzene rings is 1. The molecule has 0 aliphatic heterocycles. The number of rotatable bonds is 5. The van der Waals surface area contributed by atoms with Crippen LogP contribution in [0.3, 0.4) is 0 Å². The van der Waals surface area contributed by atoms with Gasteiger partial charge in [0.1, 0.15) is 5.75 Å². The molecule has 0 saturated heterocycles. The molecule has 94 valence electrons. The van der Waals surface area contributed by atoms with Crippen LogP contribution >= 0.6 is 11.6 Å².